The van der Waals surface area contributed by atoms with Crippen molar-refractivity contribution in [2.45, 2.75) is 52.6 Å². The number of aliphatic imine (C=N–C) groups is 1. The summed E-state index contributed by atoms with van der Waals surface area (Å²) < 4.78 is 0. The number of hydrogen-bond donors (Lipinski definition) is 2. The van der Waals surface area contributed by atoms with Gasteiger partial charge in [-0.15, -0.1) is 0 Å². The molecule has 0 saturated heterocycles. The lowest BCUT2D eigenvalue weighted by atomic mass is 9.88. The Morgan fingerprint density at radius 2 is 1.90 bits per heavy atom. The molecule has 2 rings (SSSR count). The van der Waals surface area contributed by atoms with Crippen LogP contribution in [0, 0.1) is 13.8 Å². The van der Waals surface area contributed by atoms with Crippen LogP contribution >= 0.6 is 0 Å². The summed E-state index contributed by atoms with van der Waals surface area (Å²) in [6, 6.07) is 6.10. The number of carbonyl (C=O) groups excluding carboxylic acids is 1. The lowest BCUT2D eigenvalue weighted by Gasteiger charge is -2.21. The van der Waals surface area contributed by atoms with Gasteiger partial charge in [-0.25, -0.2) is 4.99 Å². The maximum absolute atomic E-state index is 12.4. The van der Waals surface area contributed by atoms with Crippen LogP contribution in [0.5, 0.6) is 0 Å². The zero-order valence-electron chi connectivity index (χ0n) is 13.1. The molecule has 1 aromatic rings. The molecule has 1 aliphatic rings. The first kappa shape index (κ1) is 14.6. The van der Waals surface area contributed by atoms with E-state index in [2.05, 4.69) is 21.7 Å². The van der Waals surface area contributed by atoms with Crippen LogP contribution in [0.25, 0.3) is 0 Å². The van der Waals surface area contributed by atoms with Crippen LogP contribution in [0.4, 0.5) is 0 Å². The van der Waals surface area contributed by atoms with Crippen LogP contribution < -0.4 is 10.6 Å². The minimum absolute atomic E-state index is 0.0868. The first-order chi connectivity index (χ1) is 9.12. The van der Waals surface area contributed by atoms with Gasteiger partial charge in [-0.1, -0.05) is 23.8 Å². The summed E-state index contributed by atoms with van der Waals surface area (Å²) >= 11 is 0. The Labute approximate surface area is 120 Å². The molecule has 2 N–H and O–H groups in total. The van der Waals surface area contributed by atoms with Crippen LogP contribution in [0.15, 0.2) is 23.2 Å². The molecule has 4 nitrogen and oxygen atoms in total. The van der Waals surface area contributed by atoms with Gasteiger partial charge in [0.15, 0.2) is 11.5 Å². The van der Waals surface area contributed by atoms with Crippen LogP contribution in [-0.4, -0.2) is 17.4 Å². The molecule has 0 aliphatic carbocycles. The Kier molecular flexibility index (Phi) is 3.36. The molecule has 0 saturated carbocycles. The van der Waals surface area contributed by atoms with E-state index in [1.807, 2.05) is 53.7 Å². The normalized spacial score (nSPS) is 22.5. The number of rotatable bonds is 1. The van der Waals surface area contributed by atoms with Crippen LogP contribution in [0.2, 0.25) is 0 Å². The number of nitrogens with one attached hydrogen (secondary N) is 2. The average molecular weight is 273 g/mol. The van der Waals surface area contributed by atoms with E-state index in [1.54, 1.807) is 0 Å². The van der Waals surface area contributed by atoms with E-state index in [0.29, 0.717) is 5.96 Å². The van der Waals surface area contributed by atoms with Gasteiger partial charge in [0.05, 0.1) is 0 Å². The Bertz CT molecular complexity index is 584. The van der Waals surface area contributed by atoms with E-state index in [9.17, 15) is 4.79 Å². The summed E-state index contributed by atoms with van der Waals surface area (Å²) in [6.07, 6.45) is 0. The topological polar surface area (TPSA) is 53.5 Å². The predicted molar refractivity (Wildman–Crippen MR) is 81.7 cm³/mol. The summed E-state index contributed by atoms with van der Waals surface area (Å²) in [7, 11) is 0. The molecule has 0 bridgehead atoms. The zero-order valence-corrected chi connectivity index (χ0v) is 13.1. The van der Waals surface area contributed by atoms with Gasteiger partial charge in [-0.3, -0.25) is 10.1 Å². The third-order valence-corrected chi connectivity index (χ3v) is 3.41. The highest BCUT2D eigenvalue weighted by Crippen LogP contribution is 2.31. The monoisotopic (exact) mass is 273 g/mol. The summed E-state index contributed by atoms with van der Waals surface area (Å²) in [5.41, 5.74) is 2.23. The number of benzene rings is 1. The van der Waals surface area contributed by atoms with Crippen molar-refractivity contribution >= 4 is 11.9 Å². The number of guanidine groups is 1. The Balaban J connectivity index is 2.41. The number of amides is 1. The van der Waals surface area contributed by atoms with Gasteiger partial charge in [-0.05, 0) is 52.7 Å². The fourth-order valence-electron chi connectivity index (χ4n) is 2.49. The molecule has 0 radical (unpaired) electrons. The lowest BCUT2D eigenvalue weighted by Crippen LogP contribution is -2.47. The Morgan fingerprint density at radius 3 is 2.45 bits per heavy atom. The van der Waals surface area contributed by atoms with E-state index in [-0.39, 0.29) is 11.4 Å². The van der Waals surface area contributed by atoms with Gasteiger partial charge in [0, 0.05) is 5.54 Å². The van der Waals surface area contributed by atoms with E-state index in [1.165, 1.54) is 5.56 Å². The van der Waals surface area contributed by atoms with Crippen LogP contribution in [-0.2, 0) is 10.3 Å². The van der Waals surface area contributed by atoms with Crippen molar-refractivity contribution in [2.24, 2.45) is 4.99 Å². The SMILES string of the molecule is Cc1ccc(C2(C)N=C(NC(C)(C)C)NC2=O)c(C)c1. The van der Waals surface area contributed by atoms with Crippen molar-refractivity contribution in [3.63, 3.8) is 0 Å². The Hall–Kier alpha value is -1.84. The molecule has 20 heavy (non-hydrogen) atoms. The second-order valence-corrected chi connectivity index (χ2v) is 6.68. The molecule has 1 amide bonds. The smallest absolute Gasteiger partial charge is 0.259 e. The van der Waals surface area contributed by atoms with Crippen molar-refractivity contribution in [3.8, 4) is 0 Å². The van der Waals surface area contributed by atoms with E-state index in [0.717, 1.165) is 11.1 Å². The number of carbonyl (C=O) groups is 1. The van der Waals surface area contributed by atoms with Crippen molar-refractivity contribution < 1.29 is 4.79 Å². The quantitative estimate of drug-likeness (QED) is 0.825. The number of aryl methyl sites for hydroxylation is 2. The summed E-state index contributed by atoms with van der Waals surface area (Å²) in [4.78, 5) is 17.0. The Morgan fingerprint density at radius 1 is 1.25 bits per heavy atom. The number of nitrogens with zero attached hydrogens (tertiary/aromatic N) is 1. The lowest BCUT2D eigenvalue weighted by molar-refractivity contribution is -0.123. The van der Waals surface area contributed by atoms with E-state index < -0.39 is 5.54 Å². The minimum Gasteiger partial charge on any atom is -0.351 e. The van der Waals surface area contributed by atoms with Crippen LogP contribution in [0.3, 0.4) is 0 Å². The summed E-state index contributed by atoms with van der Waals surface area (Å²) in [5.74, 6) is 0.459. The molecule has 0 fully saturated rings. The van der Waals surface area contributed by atoms with Gasteiger partial charge < -0.3 is 5.32 Å². The average Bonchev–Trinajstić information content (AvgIpc) is 2.51. The van der Waals surface area contributed by atoms with E-state index >= 15 is 0 Å². The number of hydrogen-bond acceptors (Lipinski definition) is 3. The highest BCUT2D eigenvalue weighted by Gasteiger charge is 2.42. The molecular formula is C16H23N3O. The largest absolute Gasteiger partial charge is 0.351 e. The third-order valence-electron chi connectivity index (χ3n) is 3.41. The third kappa shape index (κ3) is 2.69. The standard InChI is InChI=1S/C16H23N3O/c1-10-7-8-12(11(2)9-10)16(6)13(20)17-14(19-16)18-15(3,4)5/h7-9H,1-6H3,(H2,17,18,19,20). The van der Waals surface area contributed by atoms with Crippen molar-refractivity contribution in [3.05, 3.63) is 34.9 Å². The van der Waals surface area contributed by atoms with Gasteiger partial charge in [0.1, 0.15) is 0 Å². The first-order valence-corrected chi connectivity index (χ1v) is 6.89. The highest BCUT2D eigenvalue weighted by molar-refractivity contribution is 6.07. The zero-order chi connectivity index (χ0) is 15.1. The fourth-order valence-corrected chi connectivity index (χ4v) is 2.49. The molecule has 0 spiro atoms. The second kappa shape index (κ2) is 4.62. The minimum atomic E-state index is -0.856. The molecular weight excluding hydrogens is 250 g/mol. The van der Waals surface area contributed by atoms with E-state index in [4.69, 9.17) is 0 Å². The molecule has 108 valence electrons. The summed E-state index contributed by atoms with van der Waals surface area (Å²) in [5, 5.41) is 6.06. The van der Waals surface area contributed by atoms with Gasteiger partial charge in [0.25, 0.3) is 5.91 Å². The molecule has 1 heterocycles. The predicted octanol–water partition coefficient (Wildman–Crippen LogP) is 2.39. The van der Waals surface area contributed by atoms with Crippen molar-refractivity contribution in [1.29, 1.82) is 0 Å². The van der Waals surface area contributed by atoms with Gasteiger partial charge in [-0.2, -0.15) is 0 Å². The molecule has 1 atom stereocenters. The van der Waals surface area contributed by atoms with Crippen molar-refractivity contribution in [1.82, 2.24) is 10.6 Å². The molecule has 1 aromatic carbocycles. The van der Waals surface area contributed by atoms with Gasteiger partial charge >= 0.3 is 0 Å². The fraction of sp³-hybridized carbons (Fsp3) is 0.500. The maximum atomic E-state index is 12.4. The highest BCUT2D eigenvalue weighted by atomic mass is 16.2. The van der Waals surface area contributed by atoms with Crippen LogP contribution in [0.1, 0.15) is 44.4 Å². The second-order valence-electron chi connectivity index (χ2n) is 6.68. The molecule has 0 aromatic heterocycles. The molecule has 1 unspecified atom stereocenters. The van der Waals surface area contributed by atoms with Gasteiger partial charge in [0.2, 0.25) is 0 Å². The maximum Gasteiger partial charge on any atom is 0.259 e. The molecule has 1 aliphatic heterocycles. The first-order valence-electron chi connectivity index (χ1n) is 6.89. The molecule has 4 heteroatoms. The summed E-state index contributed by atoms with van der Waals surface area (Å²) in [6.45, 7) is 12.0. The van der Waals surface area contributed by atoms with Crippen molar-refractivity contribution in [2.75, 3.05) is 0 Å².